The number of hydrogen-bond acceptors (Lipinski definition) is 3. The van der Waals surface area contributed by atoms with Gasteiger partial charge in [0, 0.05) is 13.2 Å². The minimum atomic E-state index is -0.0735. The van der Waals surface area contributed by atoms with Crippen LogP contribution in [0.1, 0.15) is 33.1 Å². The van der Waals surface area contributed by atoms with Crippen molar-refractivity contribution in [3.05, 3.63) is 0 Å². The highest BCUT2D eigenvalue weighted by atomic mass is 16.7. The number of nitrogens with one attached hydrogen (secondary N) is 1. The van der Waals surface area contributed by atoms with Gasteiger partial charge in [-0.05, 0) is 33.2 Å². The standard InChI is InChI=1S/C11H23NO2/c1-4-13-11(14-5-2)10(12-3)8-9-6-7-9/h9-12H,4-8H2,1-3H3. The third-order valence-corrected chi connectivity index (χ3v) is 2.65. The Labute approximate surface area is 87.2 Å². The molecule has 0 amide bonds. The molecule has 0 aromatic rings. The molecule has 0 radical (unpaired) electrons. The smallest absolute Gasteiger partial charge is 0.172 e. The maximum atomic E-state index is 5.58. The zero-order chi connectivity index (χ0) is 10.4. The highest BCUT2D eigenvalue weighted by Crippen LogP contribution is 2.34. The lowest BCUT2D eigenvalue weighted by Crippen LogP contribution is -2.41. The SMILES string of the molecule is CCOC(OCC)C(CC1CC1)NC. The van der Waals surface area contributed by atoms with Crippen molar-refractivity contribution < 1.29 is 9.47 Å². The number of rotatable bonds is 8. The quantitative estimate of drug-likeness (QED) is 0.607. The van der Waals surface area contributed by atoms with E-state index in [1.807, 2.05) is 20.9 Å². The molecule has 0 heterocycles. The van der Waals surface area contributed by atoms with Crippen molar-refractivity contribution in [3.63, 3.8) is 0 Å². The predicted octanol–water partition coefficient (Wildman–Crippen LogP) is 1.77. The van der Waals surface area contributed by atoms with Crippen molar-refractivity contribution in [2.45, 2.75) is 45.4 Å². The first-order valence-corrected chi connectivity index (χ1v) is 5.72. The Morgan fingerprint density at radius 1 is 1.21 bits per heavy atom. The topological polar surface area (TPSA) is 30.5 Å². The molecule has 1 fully saturated rings. The highest BCUT2D eigenvalue weighted by Gasteiger charge is 2.29. The fourth-order valence-corrected chi connectivity index (χ4v) is 1.69. The number of hydrogen-bond donors (Lipinski definition) is 1. The molecule has 0 aromatic carbocycles. The van der Waals surface area contributed by atoms with Crippen molar-refractivity contribution >= 4 is 0 Å². The van der Waals surface area contributed by atoms with Crippen molar-refractivity contribution in [1.82, 2.24) is 5.32 Å². The van der Waals surface area contributed by atoms with Gasteiger partial charge in [0.15, 0.2) is 6.29 Å². The third kappa shape index (κ3) is 3.95. The molecule has 0 bridgehead atoms. The molecule has 14 heavy (non-hydrogen) atoms. The van der Waals surface area contributed by atoms with E-state index in [0.29, 0.717) is 19.3 Å². The first kappa shape index (κ1) is 12.0. The second kappa shape index (κ2) is 6.38. The summed E-state index contributed by atoms with van der Waals surface area (Å²) in [5.41, 5.74) is 0. The molecule has 0 aromatic heterocycles. The van der Waals surface area contributed by atoms with E-state index in [4.69, 9.17) is 9.47 Å². The van der Waals surface area contributed by atoms with Crippen LogP contribution < -0.4 is 5.32 Å². The van der Waals surface area contributed by atoms with Crippen LogP contribution in [0, 0.1) is 5.92 Å². The van der Waals surface area contributed by atoms with Gasteiger partial charge in [0.05, 0.1) is 6.04 Å². The largest absolute Gasteiger partial charge is 0.351 e. The monoisotopic (exact) mass is 201 g/mol. The van der Waals surface area contributed by atoms with Gasteiger partial charge >= 0.3 is 0 Å². The van der Waals surface area contributed by atoms with E-state index in [2.05, 4.69) is 5.32 Å². The van der Waals surface area contributed by atoms with Gasteiger partial charge in [0.2, 0.25) is 0 Å². The van der Waals surface area contributed by atoms with Gasteiger partial charge in [0.1, 0.15) is 0 Å². The average Bonchev–Trinajstić information content (AvgIpc) is 2.98. The summed E-state index contributed by atoms with van der Waals surface area (Å²) in [6.07, 6.45) is 3.86. The lowest BCUT2D eigenvalue weighted by atomic mass is 10.1. The van der Waals surface area contributed by atoms with Crippen LogP contribution in [0.5, 0.6) is 0 Å². The summed E-state index contributed by atoms with van der Waals surface area (Å²) < 4.78 is 11.2. The van der Waals surface area contributed by atoms with Crippen LogP contribution in [-0.2, 0) is 9.47 Å². The molecule has 0 saturated heterocycles. The molecule has 1 rings (SSSR count). The van der Waals surface area contributed by atoms with Crippen molar-refractivity contribution in [2.75, 3.05) is 20.3 Å². The van der Waals surface area contributed by atoms with Gasteiger partial charge in [-0.3, -0.25) is 0 Å². The first-order valence-electron chi connectivity index (χ1n) is 5.72. The molecule has 1 aliphatic rings. The molecular formula is C11H23NO2. The van der Waals surface area contributed by atoms with E-state index in [1.165, 1.54) is 19.3 Å². The Hall–Kier alpha value is -0.120. The lowest BCUT2D eigenvalue weighted by Gasteiger charge is -2.26. The number of likely N-dealkylation sites (N-methyl/N-ethyl adjacent to an activating group) is 1. The maximum Gasteiger partial charge on any atom is 0.172 e. The molecule has 1 N–H and O–H groups in total. The summed E-state index contributed by atoms with van der Waals surface area (Å²) in [6, 6.07) is 0.349. The van der Waals surface area contributed by atoms with E-state index in [1.54, 1.807) is 0 Å². The minimum Gasteiger partial charge on any atom is -0.351 e. The zero-order valence-corrected chi connectivity index (χ0v) is 9.58. The molecule has 3 nitrogen and oxygen atoms in total. The van der Waals surface area contributed by atoms with E-state index in [0.717, 1.165) is 5.92 Å². The molecule has 1 aliphatic carbocycles. The molecule has 84 valence electrons. The summed E-state index contributed by atoms with van der Waals surface area (Å²) >= 11 is 0. The fraction of sp³-hybridized carbons (Fsp3) is 1.00. The van der Waals surface area contributed by atoms with Crippen LogP contribution in [0.15, 0.2) is 0 Å². The molecule has 1 atom stereocenters. The normalized spacial score (nSPS) is 18.9. The highest BCUT2D eigenvalue weighted by molar-refractivity contribution is 4.81. The van der Waals surface area contributed by atoms with E-state index in [-0.39, 0.29) is 6.29 Å². The van der Waals surface area contributed by atoms with E-state index >= 15 is 0 Å². The molecule has 1 unspecified atom stereocenters. The van der Waals surface area contributed by atoms with Gasteiger partial charge < -0.3 is 14.8 Å². The zero-order valence-electron chi connectivity index (χ0n) is 9.58. The summed E-state index contributed by atoms with van der Waals surface area (Å²) in [6.45, 7) is 5.45. The molecule has 1 saturated carbocycles. The van der Waals surface area contributed by atoms with E-state index in [9.17, 15) is 0 Å². The van der Waals surface area contributed by atoms with Crippen LogP contribution in [0.3, 0.4) is 0 Å². The lowest BCUT2D eigenvalue weighted by molar-refractivity contribution is -0.154. The Kier molecular flexibility index (Phi) is 5.45. The van der Waals surface area contributed by atoms with Crippen molar-refractivity contribution in [3.8, 4) is 0 Å². The Balaban J connectivity index is 2.33. The maximum absolute atomic E-state index is 5.58. The Morgan fingerprint density at radius 2 is 1.79 bits per heavy atom. The second-order valence-electron chi connectivity index (χ2n) is 3.85. The van der Waals surface area contributed by atoms with Crippen LogP contribution in [0.4, 0.5) is 0 Å². The van der Waals surface area contributed by atoms with E-state index < -0.39 is 0 Å². The van der Waals surface area contributed by atoms with Gasteiger partial charge in [-0.15, -0.1) is 0 Å². The van der Waals surface area contributed by atoms with Gasteiger partial charge in [-0.25, -0.2) is 0 Å². The summed E-state index contributed by atoms with van der Waals surface area (Å²) in [4.78, 5) is 0. The van der Waals surface area contributed by atoms with Crippen molar-refractivity contribution in [1.29, 1.82) is 0 Å². The third-order valence-electron chi connectivity index (χ3n) is 2.65. The van der Waals surface area contributed by atoms with Gasteiger partial charge in [-0.1, -0.05) is 12.8 Å². The molecular weight excluding hydrogens is 178 g/mol. The molecule has 3 heteroatoms. The summed E-state index contributed by atoms with van der Waals surface area (Å²) in [5.74, 6) is 0.899. The Bertz CT molecular complexity index is 142. The van der Waals surface area contributed by atoms with Crippen molar-refractivity contribution in [2.24, 2.45) is 5.92 Å². The van der Waals surface area contributed by atoms with Crippen LogP contribution in [0.25, 0.3) is 0 Å². The molecule has 0 aliphatic heterocycles. The molecule has 0 spiro atoms. The van der Waals surface area contributed by atoms with Gasteiger partial charge in [0.25, 0.3) is 0 Å². The summed E-state index contributed by atoms with van der Waals surface area (Å²) in [5, 5.41) is 3.29. The van der Waals surface area contributed by atoms with Crippen LogP contribution in [-0.4, -0.2) is 32.6 Å². The average molecular weight is 201 g/mol. The Morgan fingerprint density at radius 3 is 2.14 bits per heavy atom. The first-order chi connectivity index (χ1) is 6.81. The van der Waals surface area contributed by atoms with Crippen LogP contribution >= 0.6 is 0 Å². The minimum absolute atomic E-state index is 0.0735. The number of ether oxygens (including phenoxy) is 2. The second-order valence-corrected chi connectivity index (χ2v) is 3.85. The van der Waals surface area contributed by atoms with Gasteiger partial charge in [-0.2, -0.15) is 0 Å². The van der Waals surface area contributed by atoms with Crippen LogP contribution in [0.2, 0.25) is 0 Å². The fourth-order valence-electron chi connectivity index (χ4n) is 1.69. The predicted molar refractivity (Wildman–Crippen MR) is 57.2 cm³/mol. The summed E-state index contributed by atoms with van der Waals surface area (Å²) in [7, 11) is 1.98.